The van der Waals surface area contributed by atoms with Gasteiger partial charge in [0.1, 0.15) is 23.8 Å². The number of nitrogens with one attached hydrogen (secondary N) is 3. The Bertz CT molecular complexity index is 701. The van der Waals surface area contributed by atoms with E-state index in [2.05, 4.69) is 30.9 Å². The van der Waals surface area contributed by atoms with Crippen LogP contribution < -0.4 is 16.0 Å². The van der Waals surface area contributed by atoms with Gasteiger partial charge in [0.2, 0.25) is 5.91 Å². The summed E-state index contributed by atoms with van der Waals surface area (Å²) in [7, 11) is 0. The molecular formula is C17H22N6O. The van der Waals surface area contributed by atoms with Crippen molar-refractivity contribution in [1.82, 2.24) is 20.3 Å². The van der Waals surface area contributed by atoms with Crippen LogP contribution >= 0.6 is 0 Å². The highest BCUT2D eigenvalue weighted by Gasteiger charge is 2.23. The van der Waals surface area contributed by atoms with E-state index in [1.807, 2.05) is 25.1 Å². The van der Waals surface area contributed by atoms with E-state index in [4.69, 9.17) is 0 Å². The first-order valence-corrected chi connectivity index (χ1v) is 8.21. The molecule has 0 aliphatic heterocycles. The molecule has 7 nitrogen and oxygen atoms in total. The summed E-state index contributed by atoms with van der Waals surface area (Å²) in [5.74, 6) is 2.87. The molecule has 2 heterocycles. The van der Waals surface area contributed by atoms with Crippen LogP contribution in [0.5, 0.6) is 0 Å². The quantitative estimate of drug-likeness (QED) is 0.645. The molecule has 1 aliphatic carbocycles. The van der Waals surface area contributed by atoms with E-state index >= 15 is 0 Å². The minimum Gasteiger partial charge on any atom is -0.368 e. The van der Waals surface area contributed by atoms with Crippen molar-refractivity contribution in [2.75, 3.05) is 23.7 Å². The number of aromatic nitrogens is 3. The molecule has 7 heteroatoms. The number of aryl methyl sites for hydroxylation is 1. The summed E-state index contributed by atoms with van der Waals surface area (Å²) in [5, 5.41) is 9.25. The highest BCUT2D eigenvalue weighted by Crippen LogP contribution is 2.31. The van der Waals surface area contributed by atoms with Crippen molar-refractivity contribution in [3.8, 4) is 0 Å². The fourth-order valence-corrected chi connectivity index (χ4v) is 2.31. The largest absolute Gasteiger partial charge is 0.368 e. The molecule has 24 heavy (non-hydrogen) atoms. The summed E-state index contributed by atoms with van der Waals surface area (Å²) in [5.41, 5.74) is 1.13. The van der Waals surface area contributed by atoms with Crippen LogP contribution in [0.2, 0.25) is 0 Å². The number of hydrogen-bond donors (Lipinski definition) is 3. The topological polar surface area (TPSA) is 91.8 Å². The van der Waals surface area contributed by atoms with Gasteiger partial charge in [-0.05, 0) is 43.4 Å². The van der Waals surface area contributed by atoms with Gasteiger partial charge in [-0.2, -0.15) is 0 Å². The molecular weight excluding hydrogens is 304 g/mol. The van der Waals surface area contributed by atoms with Gasteiger partial charge < -0.3 is 16.0 Å². The number of pyridine rings is 1. The number of nitrogens with zero attached hydrogens (tertiary/aromatic N) is 3. The predicted molar refractivity (Wildman–Crippen MR) is 93.1 cm³/mol. The highest BCUT2D eigenvalue weighted by atomic mass is 16.1. The van der Waals surface area contributed by atoms with Crippen molar-refractivity contribution in [2.24, 2.45) is 5.92 Å². The Morgan fingerprint density at radius 2 is 1.92 bits per heavy atom. The molecule has 0 atom stereocenters. The lowest BCUT2D eigenvalue weighted by molar-refractivity contribution is -0.121. The lowest BCUT2D eigenvalue weighted by Gasteiger charge is -2.09. The van der Waals surface area contributed by atoms with Crippen LogP contribution in [0.4, 0.5) is 17.5 Å². The monoisotopic (exact) mass is 326 g/mol. The summed E-state index contributed by atoms with van der Waals surface area (Å²) in [6, 6.07) is 5.70. The first kappa shape index (κ1) is 16.2. The molecule has 0 aromatic carbocycles. The van der Waals surface area contributed by atoms with E-state index in [0.717, 1.165) is 11.4 Å². The Morgan fingerprint density at radius 3 is 2.71 bits per heavy atom. The van der Waals surface area contributed by atoms with Crippen LogP contribution in [0.3, 0.4) is 0 Å². The molecule has 1 saturated carbocycles. The Labute approximate surface area is 141 Å². The number of carbonyl (C=O) groups excluding carboxylic acids is 1. The van der Waals surface area contributed by atoms with Crippen molar-refractivity contribution in [3.63, 3.8) is 0 Å². The fraction of sp³-hybridized carbons (Fsp3) is 0.412. The van der Waals surface area contributed by atoms with Gasteiger partial charge in [0, 0.05) is 31.8 Å². The van der Waals surface area contributed by atoms with Gasteiger partial charge in [-0.3, -0.25) is 4.79 Å². The average Bonchev–Trinajstić information content (AvgIpc) is 3.36. The van der Waals surface area contributed by atoms with E-state index < -0.39 is 0 Å². The highest BCUT2D eigenvalue weighted by molar-refractivity contribution is 5.76. The number of carbonyl (C=O) groups is 1. The summed E-state index contributed by atoms with van der Waals surface area (Å²) in [4.78, 5) is 24.2. The number of hydrogen-bond acceptors (Lipinski definition) is 6. The zero-order valence-electron chi connectivity index (χ0n) is 13.7. The van der Waals surface area contributed by atoms with E-state index in [1.165, 1.54) is 19.2 Å². The van der Waals surface area contributed by atoms with Gasteiger partial charge in [-0.1, -0.05) is 0 Å². The fourth-order valence-electron chi connectivity index (χ4n) is 2.31. The van der Waals surface area contributed by atoms with Gasteiger partial charge >= 0.3 is 0 Å². The molecule has 3 N–H and O–H groups in total. The Balaban J connectivity index is 1.45. The second kappa shape index (κ2) is 7.72. The molecule has 0 radical (unpaired) electrons. The van der Waals surface area contributed by atoms with E-state index in [9.17, 15) is 4.79 Å². The SMILES string of the molecule is Cc1ccnc(Nc2cc(NCCNC(=O)CC3CC3)ncn2)c1. The summed E-state index contributed by atoms with van der Waals surface area (Å²) in [6.45, 7) is 3.21. The molecule has 0 bridgehead atoms. The summed E-state index contributed by atoms with van der Waals surface area (Å²) < 4.78 is 0. The van der Waals surface area contributed by atoms with Crippen LogP contribution in [0.25, 0.3) is 0 Å². The molecule has 1 aliphatic rings. The molecule has 0 unspecified atom stereocenters. The maximum absolute atomic E-state index is 11.6. The van der Waals surface area contributed by atoms with E-state index in [-0.39, 0.29) is 5.91 Å². The minimum atomic E-state index is 0.134. The Kier molecular flexibility index (Phi) is 5.20. The third kappa shape index (κ3) is 5.19. The van der Waals surface area contributed by atoms with Crippen molar-refractivity contribution in [3.05, 3.63) is 36.3 Å². The minimum absolute atomic E-state index is 0.134. The maximum Gasteiger partial charge on any atom is 0.220 e. The summed E-state index contributed by atoms with van der Waals surface area (Å²) >= 11 is 0. The molecule has 0 saturated heterocycles. The molecule has 2 aromatic heterocycles. The average molecular weight is 326 g/mol. The number of anilines is 3. The Morgan fingerprint density at radius 1 is 1.12 bits per heavy atom. The number of amides is 1. The molecule has 3 rings (SSSR count). The van der Waals surface area contributed by atoms with Gasteiger partial charge in [-0.15, -0.1) is 0 Å². The molecule has 0 spiro atoms. The zero-order chi connectivity index (χ0) is 16.8. The van der Waals surface area contributed by atoms with E-state index in [0.29, 0.717) is 37.1 Å². The second-order valence-corrected chi connectivity index (χ2v) is 6.06. The van der Waals surface area contributed by atoms with Crippen LogP contribution in [-0.4, -0.2) is 33.9 Å². The van der Waals surface area contributed by atoms with Crippen molar-refractivity contribution >= 4 is 23.4 Å². The van der Waals surface area contributed by atoms with Crippen LogP contribution in [0.1, 0.15) is 24.8 Å². The second-order valence-electron chi connectivity index (χ2n) is 6.06. The first-order chi connectivity index (χ1) is 11.7. The van der Waals surface area contributed by atoms with Crippen LogP contribution in [-0.2, 0) is 4.79 Å². The van der Waals surface area contributed by atoms with Crippen LogP contribution in [0, 0.1) is 12.8 Å². The molecule has 126 valence electrons. The Hall–Kier alpha value is -2.70. The normalized spacial score (nSPS) is 13.4. The lowest BCUT2D eigenvalue weighted by Crippen LogP contribution is -2.29. The van der Waals surface area contributed by atoms with Crippen LogP contribution in [0.15, 0.2) is 30.7 Å². The molecule has 1 amide bonds. The van der Waals surface area contributed by atoms with Crippen molar-refractivity contribution in [2.45, 2.75) is 26.2 Å². The number of rotatable bonds is 8. The molecule has 2 aromatic rings. The maximum atomic E-state index is 11.6. The van der Waals surface area contributed by atoms with Gasteiger partial charge in [0.15, 0.2) is 0 Å². The van der Waals surface area contributed by atoms with Crippen molar-refractivity contribution in [1.29, 1.82) is 0 Å². The third-order valence-electron chi connectivity index (χ3n) is 3.76. The zero-order valence-corrected chi connectivity index (χ0v) is 13.7. The predicted octanol–water partition coefficient (Wildman–Crippen LogP) is 2.25. The lowest BCUT2D eigenvalue weighted by atomic mass is 10.3. The van der Waals surface area contributed by atoms with Gasteiger partial charge in [-0.25, -0.2) is 15.0 Å². The van der Waals surface area contributed by atoms with E-state index in [1.54, 1.807) is 6.20 Å². The summed E-state index contributed by atoms with van der Waals surface area (Å²) in [6.07, 6.45) is 6.29. The third-order valence-corrected chi connectivity index (χ3v) is 3.76. The standard InChI is InChI=1S/C17H22N6O/c1-12-4-5-18-15(8-12)23-16-10-14(21-11-22-16)19-6-7-20-17(24)9-13-2-3-13/h4-5,8,10-11,13H,2-3,6-7,9H2,1H3,(H,20,24)(H2,18,19,21,22,23). The smallest absolute Gasteiger partial charge is 0.220 e. The first-order valence-electron chi connectivity index (χ1n) is 8.21. The van der Waals surface area contributed by atoms with Gasteiger partial charge in [0.25, 0.3) is 0 Å². The van der Waals surface area contributed by atoms with Crippen molar-refractivity contribution < 1.29 is 4.79 Å². The molecule has 1 fully saturated rings. The van der Waals surface area contributed by atoms with Gasteiger partial charge in [0.05, 0.1) is 0 Å².